The van der Waals surface area contributed by atoms with Crippen LogP contribution in [-0.2, 0) is 28.6 Å². The molecule has 0 fully saturated rings. The molecule has 1 atom stereocenters. The lowest BCUT2D eigenvalue weighted by Crippen LogP contribution is -2.30. The van der Waals surface area contributed by atoms with Gasteiger partial charge in [0.25, 0.3) is 0 Å². The Labute approximate surface area is 410 Å². The second kappa shape index (κ2) is 55.2. The highest BCUT2D eigenvalue weighted by Gasteiger charge is 2.19. The van der Waals surface area contributed by atoms with Gasteiger partial charge in [0.2, 0.25) is 0 Å². The third kappa shape index (κ3) is 52.6. The van der Waals surface area contributed by atoms with Crippen molar-refractivity contribution in [3.05, 3.63) is 36.5 Å². The molecule has 0 aliphatic rings. The number of hydrogen-bond acceptors (Lipinski definition) is 6. The molecule has 0 saturated heterocycles. The largest absolute Gasteiger partial charge is 0.462 e. The molecule has 0 aromatic rings. The van der Waals surface area contributed by atoms with Crippen LogP contribution in [0.5, 0.6) is 0 Å². The van der Waals surface area contributed by atoms with Crippen molar-refractivity contribution in [2.75, 3.05) is 13.2 Å². The summed E-state index contributed by atoms with van der Waals surface area (Å²) in [6.07, 6.45) is 65.6. The van der Waals surface area contributed by atoms with Gasteiger partial charge in [-0.1, -0.05) is 256 Å². The first-order chi connectivity index (χ1) is 32.5. The molecule has 0 aliphatic heterocycles. The molecule has 66 heavy (non-hydrogen) atoms. The fraction of sp³-hybridized carbons (Fsp3) is 0.850. The van der Waals surface area contributed by atoms with Crippen molar-refractivity contribution in [1.82, 2.24) is 0 Å². The van der Waals surface area contributed by atoms with E-state index in [0.717, 1.165) is 83.5 Å². The maximum atomic E-state index is 12.8. The molecular weight excluding hydrogens is 817 g/mol. The molecule has 0 aromatic heterocycles. The van der Waals surface area contributed by atoms with Crippen molar-refractivity contribution in [1.29, 1.82) is 0 Å². The maximum absolute atomic E-state index is 12.8. The van der Waals surface area contributed by atoms with Crippen molar-refractivity contribution in [3.8, 4) is 0 Å². The number of carbonyl (C=O) groups is 3. The molecule has 0 bridgehead atoms. The van der Waals surface area contributed by atoms with E-state index in [1.807, 2.05) is 0 Å². The molecule has 0 aromatic carbocycles. The Hall–Kier alpha value is -2.37. The van der Waals surface area contributed by atoms with Crippen LogP contribution in [0.25, 0.3) is 0 Å². The van der Waals surface area contributed by atoms with Crippen molar-refractivity contribution < 1.29 is 28.6 Å². The zero-order chi connectivity index (χ0) is 47.9. The van der Waals surface area contributed by atoms with E-state index in [0.29, 0.717) is 19.3 Å². The van der Waals surface area contributed by atoms with E-state index in [-0.39, 0.29) is 31.1 Å². The summed E-state index contributed by atoms with van der Waals surface area (Å²) >= 11 is 0. The number of esters is 3. The summed E-state index contributed by atoms with van der Waals surface area (Å²) in [6.45, 7) is 6.60. The fourth-order valence-electron chi connectivity index (χ4n) is 8.48. The quantitative estimate of drug-likeness (QED) is 0.0262. The maximum Gasteiger partial charge on any atom is 0.306 e. The van der Waals surface area contributed by atoms with Crippen LogP contribution in [0.15, 0.2) is 36.5 Å². The second-order valence-electron chi connectivity index (χ2n) is 19.6. The highest BCUT2D eigenvalue weighted by atomic mass is 16.6. The van der Waals surface area contributed by atoms with Gasteiger partial charge in [-0.2, -0.15) is 0 Å². The lowest BCUT2D eigenvalue weighted by atomic mass is 10.0. The van der Waals surface area contributed by atoms with Crippen molar-refractivity contribution in [3.63, 3.8) is 0 Å². The standard InChI is InChI=1S/C60H110O6/c1-4-7-10-13-16-19-22-25-27-28-29-30-31-32-33-36-38-41-44-47-50-53-59(62)65-56-57(55-64-58(61)52-49-46-43-40-37-34-24-21-18-15-12-9-6-3)66-60(63)54-51-48-45-42-39-35-26-23-20-17-14-11-8-5-2/h12,15,21,24,28-29,57H,4-11,13-14,16-20,22-23,25-27,30-56H2,1-3H3/b15-12-,24-21-,29-28-. The number of hydrogen-bond donors (Lipinski definition) is 0. The number of rotatable bonds is 53. The Morgan fingerprint density at radius 3 is 0.909 bits per heavy atom. The first kappa shape index (κ1) is 63.6. The van der Waals surface area contributed by atoms with Crippen LogP contribution in [0.3, 0.4) is 0 Å². The van der Waals surface area contributed by atoms with Crippen molar-refractivity contribution in [2.24, 2.45) is 0 Å². The van der Waals surface area contributed by atoms with E-state index in [2.05, 4.69) is 57.2 Å². The van der Waals surface area contributed by atoms with Crippen LogP contribution in [0.2, 0.25) is 0 Å². The van der Waals surface area contributed by atoms with Gasteiger partial charge in [-0.05, 0) is 70.6 Å². The molecule has 6 nitrogen and oxygen atoms in total. The normalized spacial score (nSPS) is 12.2. The van der Waals surface area contributed by atoms with Crippen LogP contribution < -0.4 is 0 Å². The Bertz CT molecular complexity index is 1110. The van der Waals surface area contributed by atoms with Crippen LogP contribution in [0.4, 0.5) is 0 Å². The predicted octanol–water partition coefficient (Wildman–Crippen LogP) is 19.3. The highest BCUT2D eigenvalue weighted by Crippen LogP contribution is 2.16. The van der Waals surface area contributed by atoms with Crippen molar-refractivity contribution in [2.45, 2.75) is 316 Å². The van der Waals surface area contributed by atoms with E-state index in [1.54, 1.807) is 0 Å². The van der Waals surface area contributed by atoms with Gasteiger partial charge in [0.05, 0.1) is 0 Å². The van der Waals surface area contributed by atoms with E-state index >= 15 is 0 Å². The van der Waals surface area contributed by atoms with Gasteiger partial charge in [0.1, 0.15) is 13.2 Å². The van der Waals surface area contributed by atoms with E-state index in [4.69, 9.17) is 14.2 Å². The van der Waals surface area contributed by atoms with Gasteiger partial charge in [0, 0.05) is 19.3 Å². The van der Waals surface area contributed by atoms with Crippen LogP contribution in [-0.4, -0.2) is 37.2 Å². The number of ether oxygens (including phenoxy) is 3. The van der Waals surface area contributed by atoms with Crippen molar-refractivity contribution >= 4 is 17.9 Å². The minimum Gasteiger partial charge on any atom is -0.462 e. The number of carbonyl (C=O) groups excluding carboxylic acids is 3. The van der Waals surface area contributed by atoms with Gasteiger partial charge < -0.3 is 14.2 Å². The zero-order valence-electron chi connectivity index (χ0n) is 44.2. The van der Waals surface area contributed by atoms with Gasteiger partial charge in [-0.15, -0.1) is 0 Å². The molecular formula is C60H110O6. The van der Waals surface area contributed by atoms with Crippen LogP contribution >= 0.6 is 0 Å². The first-order valence-corrected chi connectivity index (χ1v) is 29.0. The minimum atomic E-state index is -0.775. The monoisotopic (exact) mass is 927 g/mol. The molecule has 0 saturated carbocycles. The molecule has 386 valence electrons. The minimum absolute atomic E-state index is 0.0743. The third-order valence-electron chi connectivity index (χ3n) is 12.8. The van der Waals surface area contributed by atoms with Gasteiger partial charge in [0.15, 0.2) is 6.10 Å². The Morgan fingerprint density at radius 2 is 0.576 bits per heavy atom. The van der Waals surface area contributed by atoms with E-state index in [1.165, 1.54) is 186 Å². The summed E-state index contributed by atoms with van der Waals surface area (Å²) in [4.78, 5) is 38.1. The Morgan fingerprint density at radius 1 is 0.303 bits per heavy atom. The molecule has 0 aliphatic carbocycles. The Balaban J connectivity index is 4.29. The number of unbranched alkanes of at least 4 members (excludes halogenated alkanes) is 36. The summed E-state index contributed by atoms with van der Waals surface area (Å²) in [5.74, 6) is -0.874. The average molecular weight is 928 g/mol. The summed E-state index contributed by atoms with van der Waals surface area (Å²) in [7, 11) is 0. The topological polar surface area (TPSA) is 78.9 Å². The van der Waals surface area contributed by atoms with Gasteiger partial charge in [-0.25, -0.2) is 0 Å². The smallest absolute Gasteiger partial charge is 0.306 e. The lowest BCUT2D eigenvalue weighted by Gasteiger charge is -2.18. The Kier molecular flexibility index (Phi) is 53.2. The fourth-order valence-corrected chi connectivity index (χ4v) is 8.48. The summed E-state index contributed by atoms with van der Waals surface area (Å²) < 4.78 is 16.9. The molecule has 0 spiro atoms. The van der Waals surface area contributed by atoms with E-state index in [9.17, 15) is 14.4 Å². The molecule has 1 unspecified atom stereocenters. The predicted molar refractivity (Wildman–Crippen MR) is 284 cm³/mol. The van der Waals surface area contributed by atoms with Crippen LogP contribution in [0, 0.1) is 0 Å². The lowest BCUT2D eigenvalue weighted by molar-refractivity contribution is -0.167. The van der Waals surface area contributed by atoms with Gasteiger partial charge >= 0.3 is 17.9 Å². The summed E-state index contributed by atoms with van der Waals surface area (Å²) in [5.41, 5.74) is 0. The van der Waals surface area contributed by atoms with Gasteiger partial charge in [-0.3, -0.25) is 14.4 Å². The summed E-state index contributed by atoms with van der Waals surface area (Å²) in [6, 6.07) is 0. The highest BCUT2D eigenvalue weighted by molar-refractivity contribution is 5.71. The average Bonchev–Trinajstić information content (AvgIpc) is 3.31. The second-order valence-corrected chi connectivity index (χ2v) is 19.6. The van der Waals surface area contributed by atoms with E-state index < -0.39 is 6.10 Å². The number of allylic oxidation sites excluding steroid dienone is 6. The third-order valence-corrected chi connectivity index (χ3v) is 12.8. The molecule has 0 heterocycles. The SMILES string of the molecule is CCC/C=C\C/C=C\CCCCCCCC(=O)OCC(COC(=O)CCCCCCCCCCC/C=C\CCCCCCCCCC)OC(=O)CCCCCCCCCCCCCCCC. The molecule has 0 N–H and O–H groups in total. The molecule has 6 heteroatoms. The molecule has 0 radical (unpaired) electrons. The van der Waals surface area contributed by atoms with Crippen LogP contribution in [0.1, 0.15) is 310 Å². The first-order valence-electron chi connectivity index (χ1n) is 29.0. The zero-order valence-corrected chi connectivity index (χ0v) is 44.2. The molecule has 0 rings (SSSR count). The molecule has 0 amide bonds. The summed E-state index contributed by atoms with van der Waals surface area (Å²) in [5, 5.41) is 0.